The SMILES string of the molecule is CC(C)Oc1c(C(C)(C)C)c(=O)c1=O.[Li][C](C)(C)C. The fraction of sp³-hybridized carbons (Fsp3) is 0.733. The zero-order valence-electron chi connectivity index (χ0n) is 13.8. The molecule has 0 spiro atoms. The first kappa shape index (κ1) is 18.5. The maximum absolute atomic E-state index is 11.3. The van der Waals surface area contributed by atoms with Gasteiger partial charge in [0.2, 0.25) is 5.43 Å². The van der Waals surface area contributed by atoms with Gasteiger partial charge < -0.3 is 4.74 Å². The molecule has 0 aromatic heterocycles. The van der Waals surface area contributed by atoms with Crippen LogP contribution >= 0.6 is 0 Å². The van der Waals surface area contributed by atoms with E-state index in [-0.39, 0.29) is 17.3 Å². The van der Waals surface area contributed by atoms with E-state index in [4.69, 9.17) is 4.74 Å². The van der Waals surface area contributed by atoms with E-state index in [0.717, 1.165) is 0 Å². The van der Waals surface area contributed by atoms with E-state index >= 15 is 0 Å². The topological polar surface area (TPSA) is 43.4 Å². The van der Waals surface area contributed by atoms with Crippen LogP contribution in [-0.2, 0) is 5.41 Å². The Morgan fingerprint density at radius 3 is 1.58 bits per heavy atom. The van der Waals surface area contributed by atoms with Gasteiger partial charge in [-0.3, -0.25) is 9.59 Å². The van der Waals surface area contributed by atoms with Gasteiger partial charge in [0.15, 0.2) is 5.75 Å². The molecule has 0 unspecified atom stereocenters. The second-order valence-corrected chi connectivity index (χ2v) is 7.78. The summed E-state index contributed by atoms with van der Waals surface area (Å²) in [7, 11) is 0. The van der Waals surface area contributed by atoms with Crippen LogP contribution in [0.25, 0.3) is 0 Å². The summed E-state index contributed by atoms with van der Waals surface area (Å²) in [5.74, 6) is 0.262. The van der Waals surface area contributed by atoms with Crippen molar-refractivity contribution in [2.45, 2.75) is 71.0 Å². The van der Waals surface area contributed by atoms with E-state index in [1.807, 2.05) is 34.6 Å². The van der Waals surface area contributed by atoms with Gasteiger partial charge in [0.1, 0.15) is 0 Å². The van der Waals surface area contributed by atoms with Crippen LogP contribution in [0.3, 0.4) is 0 Å². The molecule has 0 amide bonds. The molecule has 1 aromatic rings. The molecule has 0 saturated heterocycles. The van der Waals surface area contributed by atoms with E-state index in [2.05, 4.69) is 38.5 Å². The first-order valence-corrected chi connectivity index (χ1v) is 6.75. The molecule has 0 saturated carbocycles. The molecule has 0 radical (unpaired) electrons. The van der Waals surface area contributed by atoms with Gasteiger partial charge in [0, 0.05) is 0 Å². The number of hydrogen-bond acceptors (Lipinski definition) is 3. The van der Waals surface area contributed by atoms with Gasteiger partial charge in [0.05, 0.1) is 11.7 Å². The van der Waals surface area contributed by atoms with Crippen molar-refractivity contribution in [1.29, 1.82) is 0 Å². The van der Waals surface area contributed by atoms with Crippen molar-refractivity contribution < 1.29 is 4.74 Å². The van der Waals surface area contributed by atoms with Crippen LogP contribution in [0.2, 0.25) is 4.09 Å². The Hall–Kier alpha value is -0.523. The summed E-state index contributed by atoms with van der Waals surface area (Å²) in [5, 5.41) is 0. The second-order valence-electron chi connectivity index (χ2n) is 7.78. The predicted molar refractivity (Wildman–Crippen MR) is 81.3 cm³/mol. The third-order valence-corrected chi connectivity index (χ3v) is 1.97. The molecule has 1 rings (SSSR count). The van der Waals surface area contributed by atoms with Gasteiger partial charge in [-0.1, -0.05) is 20.8 Å². The first-order valence-electron chi connectivity index (χ1n) is 6.75. The van der Waals surface area contributed by atoms with Crippen molar-refractivity contribution in [3.8, 4) is 5.75 Å². The Bertz CT molecular complexity index is 475. The average Bonchev–Trinajstić information content (AvgIpc) is 2.11. The molecule has 0 N–H and O–H groups in total. The summed E-state index contributed by atoms with van der Waals surface area (Å²) in [5.41, 5.74) is -0.664. The minimum atomic E-state index is -0.483. The molecule has 0 fully saturated rings. The molecule has 3 nitrogen and oxygen atoms in total. The number of ether oxygens (including phenoxy) is 1. The summed E-state index contributed by atoms with van der Waals surface area (Å²) < 4.78 is 5.82. The Labute approximate surface area is 125 Å². The van der Waals surface area contributed by atoms with Crippen molar-refractivity contribution in [1.82, 2.24) is 0 Å². The molecular weight excluding hydrogens is 235 g/mol. The van der Waals surface area contributed by atoms with E-state index in [9.17, 15) is 9.59 Å². The van der Waals surface area contributed by atoms with Crippen LogP contribution in [-0.4, -0.2) is 23.8 Å². The predicted octanol–water partition coefficient (Wildman–Crippen LogP) is 2.74. The molecule has 0 aliphatic carbocycles. The Balaban J connectivity index is 0.000000555. The first-order chi connectivity index (χ1) is 8.25. The molecule has 1 aromatic carbocycles. The van der Waals surface area contributed by atoms with Gasteiger partial charge in [-0.25, -0.2) is 0 Å². The van der Waals surface area contributed by atoms with Crippen molar-refractivity contribution in [3.05, 3.63) is 26.0 Å². The van der Waals surface area contributed by atoms with Gasteiger partial charge in [-0.05, 0) is 19.3 Å². The fourth-order valence-electron chi connectivity index (χ4n) is 1.40. The van der Waals surface area contributed by atoms with E-state index in [0.29, 0.717) is 9.65 Å². The molecule has 104 valence electrons. The molecular formula is C15H25LiO3. The molecule has 0 aliphatic rings. The summed E-state index contributed by atoms with van der Waals surface area (Å²) in [6.45, 7) is 15.9. The summed E-state index contributed by atoms with van der Waals surface area (Å²) in [6, 6.07) is 0. The van der Waals surface area contributed by atoms with Crippen LogP contribution in [0.4, 0.5) is 0 Å². The van der Waals surface area contributed by atoms with Crippen molar-refractivity contribution in [3.63, 3.8) is 0 Å². The second kappa shape index (κ2) is 6.28. The number of hydrogen-bond donors (Lipinski definition) is 0. The third-order valence-electron chi connectivity index (χ3n) is 1.97. The molecule has 19 heavy (non-hydrogen) atoms. The number of rotatable bonds is 2. The van der Waals surface area contributed by atoms with Crippen molar-refractivity contribution in [2.75, 3.05) is 0 Å². The standard InChI is InChI=1S/C11H16O3.C4H9.Li/c1-6(2)14-10-7(11(3,4)5)8(12)9(10)13;1-4(2)3;/h6H,1-5H3;1-3H3;. The monoisotopic (exact) mass is 260 g/mol. The molecule has 0 aliphatic heterocycles. The van der Waals surface area contributed by atoms with Crippen LogP contribution < -0.4 is 15.6 Å². The Morgan fingerprint density at radius 2 is 1.32 bits per heavy atom. The quantitative estimate of drug-likeness (QED) is 0.606. The average molecular weight is 260 g/mol. The third kappa shape index (κ3) is 6.45. The van der Waals surface area contributed by atoms with Crippen LogP contribution in [0.5, 0.6) is 5.75 Å². The zero-order valence-corrected chi connectivity index (χ0v) is 13.8. The summed E-state index contributed by atoms with van der Waals surface area (Å²) >= 11 is 2.19. The molecule has 4 heteroatoms. The van der Waals surface area contributed by atoms with E-state index in [1.54, 1.807) is 0 Å². The van der Waals surface area contributed by atoms with Crippen molar-refractivity contribution in [2.24, 2.45) is 0 Å². The maximum atomic E-state index is 11.3. The van der Waals surface area contributed by atoms with Crippen LogP contribution in [0.1, 0.15) is 61.0 Å². The van der Waals surface area contributed by atoms with Gasteiger partial charge in [-0.2, -0.15) is 0 Å². The Morgan fingerprint density at radius 1 is 0.947 bits per heavy atom. The normalized spacial score (nSPS) is 12.4. The van der Waals surface area contributed by atoms with Crippen molar-refractivity contribution >= 4 is 17.7 Å². The van der Waals surface area contributed by atoms with Crippen LogP contribution in [0.15, 0.2) is 9.59 Å². The van der Waals surface area contributed by atoms with E-state index < -0.39 is 10.9 Å². The molecule has 0 heterocycles. The van der Waals surface area contributed by atoms with Gasteiger partial charge >= 0.3 is 42.6 Å². The Kier molecular flexibility index (Phi) is 6.11. The van der Waals surface area contributed by atoms with Gasteiger partial charge in [-0.15, -0.1) is 0 Å². The molecule has 0 atom stereocenters. The minimum absolute atomic E-state index is 0.0700. The zero-order chi connectivity index (χ0) is 15.6. The van der Waals surface area contributed by atoms with Crippen LogP contribution in [0, 0.1) is 0 Å². The summed E-state index contributed by atoms with van der Waals surface area (Å²) in [4.78, 5) is 22.5. The van der Waals surface area contributed by atoms with E-state index in [1.165, 1.54) is 0 Å². The fourth-order valence-corrected chi connectivity index (χ4v) is 1.40. The summed E-state index contributed by atoms with van der Waals surface area (Å²) in [6.07, 6.45) is -0.0700. The molecule has 0 bridgehead atoms. The van der Waals surface area contributed by atoms with Gasteiger partial charge in [0.25, 0.3) is 5.43 Å².